The summed E-state index contributed by atoms with van der Waals surface area (Å²) in [5, 5.41) is 2.89. The summed E-state index contributed by atoms with van der Waals surface area (Å²) in [4.78, 5) is 4.47. The number of thiazole rings is 1. The van der Waals surface area contributed by atoms with Gasteiger partial charge in [0.05, 0.1) is 11.3 Å². The van der Waals surface area contributed by atoms with Crippen LogP contribution in [0.25, 0.3) is 10.6 Å². The SMILES string of the molecule is NCc1csc(-c2cccc3c2OCCO3)n1. The van der Waals surface area contributed by atoms with Crippen molar-refractivity contribution in [1.82, 2.24) is 4.98 Å². The number of nitrogens with two attached hydrogens (primary N) is 1. The second kappa shape index (κ2) is 4.35. The lowest BCUT2D eigenvalue weighted by atomic mass is 10.2. The second-order valence-corrected chi connectivity index (χ2v) is 4.54. The van der Waals surface area contributed by atoms with Gasteiger partial charge in [0.25, 0.3) is 0 Å². The number of aromatic nitrogens is 1. The quantitative estimate of drug-likeness (QED) is 0.883. The molecular formula is C12H12N2O2S. The van der Waals surface area contributed by atoms with E-state index in [1.165, 1.54) is 0 Å². The summed E-state index contributed by atoms with van der Waals surface area (Å²) in [5.74, 6) is 1.58. The molecular weight excluding hydrogens is 236 g/mol. The summed E-state index contributed by atoms with van der Waals surface area (Å²) in [6.45, 7) is 1.64. The zero-order chi connectivity index (χ0) is 11.7. The van der Waals surface area contributed by atoms with Crippen LogP contribution in [0.15, 0.2) is 23.6 Å². The molecule has 0 amide bonds. The molecule has 1 aliphatic rings. The molecule has 4 nitrogen and oxygen atoms in total. The van der Waals surface area contributed by atoms with Crippen LogP contribution in [0.1, 0.15) is 5.69 Å². The Balaban J connectivity index is 2.07. The van der Waals surface area contributed by atoms with E-state index in [9.17, 15) is 0 Å². The maximum absolute atomic E-state index is 5.66. The van der Waals surface area contributed by atoms with E-state index in [0.29, 0.717) is 19.8 Å². The fourth-order valence-electron chi connectivity index (χ4n) is 1.77. The molecule has 3 rings (SSSR count). The predicted molar refractivity (Wildman–Crippen MR) is 66.4 cm³/mol. The molecule has 2 N–H and O–H groups in total. The van der Waals surface area contributed by atoms with Gasteiger partial charge in [0.2, 0.25) is 0 Å². The van der Waals surface area contributed by atoms with Gasteiger partial charge in [0.15, 0.2) is 11.5 Å². The highest BCUT2D eigenvalue weighted by Crippen LogP contribution is 2.40. The Morgan fingerprint density at radius 3 is 3.00 bits per heavy atom. The van der Waals surface area contributed by atoms with Crippen LogP contribution in [0.3, 0.4) is 0 Å². The van der Waals surface area contributed by atoms with Crippen LogP contribution in [-0.4, -0.2) is 18.2 Å². The number of hydrogen-bond acceptors (Lipinski definition) is 5. The van der Waals surface area contributed by atoms with E-state index in [0.717, 1.165) is 27.8 Å². The van der Waals surface area contributed by atoms with Gasteiger partial charge in [-0.25, -0.2) is 4.98 Å². The van der Waals surface area contributed by atoms with Crippen molar-refractivity contribution in [2.45, 2.75) is 6.54 Å². The monoisotopic (exact) mass is 248 g/mol. The number of benzene rings is 1. The van der Waals surface area contributed by atoms with Crippen molar-refractivity contribution in [2.24, 2.45) is 5.73 Å². The molecule has 0 radical (unpaired) electrons. The molecule has 1 aliphatic heterocycles. The summed E-state index contributed by atoms with van der Waals surface area (Å²) >= 11 is 1.57. The molecule has 0 saturated carbocycles. The van der Waals surface area contributed by atoms with Crippen LogP contribution in [0.5, 0.6) is 11.5 Å². The van der Waals surface area contributed by atoms with Gasteiger partial charge in [0.1, 0.15) is 18.2 Å². The standard InChI is InChI=1S/C12H12N2O2S/c13-6-8-7-17-12(14-8)9-2-1-3-10-11(9)16-5-4-15-10/h1-3,7H,4-6,13H2. The minimum absolute atomic E-state index is 0.461. The van der Waals surface area contributed by atoms with Crippen LogP contribution >= 0.6 is 11.3 Å². The first kappa shape index (κ1) is 10.6. The first-order valence-electron chi connectivity index (χ1n) is 5.42. The highest BCUT2D eigenvalue weighted by Gasteiger charge is 2.18. The van der Waals surface area contributed by atoms with Gasteiger partial charge >= 0.3 is 0 Å². The van der Waals surface area contributed by atoms with Crippen molar-refractivity contribution in [3.8, 4) is 22.1 Å². The van der Waals surface area contributed by atoms with E-state index >= 15 is 0 Å². The van der Waals surface area contributed by atoms with Gasteiger partial charge in [0, 0.05) is 11.9 Å². The Kier molecular flexibility index (Phi) is 2.70. The number of fused-ring (bicyclic) bond motifs is 1. The third kappa shape index (κ3) is 1.87. The van der Waals surface area contributed by atoms with Gasteiger partial charge in [-0.3, -0.25) is 0 Å². The number of ether oxygens (including phenoxy) is 2. The van der Waals surface area contributed by atoms with Gasteiger partial charge in [-0.15, -0.1) is 11.3 Å². The molecule has 17 heavy (non-hydrogen) atoms. The lowest BCUT2D eigenvalue weighted by Gasteiger charge is -2.20. The first-order valence-corrected chi connectivity index (χ1v) is 6.30. The number of nitrogens with zero attached hydrogens (tertiary/aromatic N) is 1. The largest absolute Gasteiger partial charge is 0.486 e. The van der Waals surface area contributed by atoms with Crippen molar-refractivity contribution in [3.63, 3.8) is 0 Å². The maximum atomic E-state index is 5.66. The molecule has 0 bridgehead atoms. The molecule has 0 aliphatic carbocycles. The van der Waals surface area contributed by atoms with Gasteiger partial charge in [-0.05, 0) is 12.1 Å². The Morgan fingerprint density at radius 2 is 2.18 bits per heavy atom. The topological polar surface area (TPSA) is 57.4 Å². The van der Waals surface area contributed by atoms with E-state index in [-0.39, 0.29) is 0 Å². The molecule has 0 spiro atoms. The smallest absolute Gasteiger partial charge is 0.171 e. The maximum Gasteiger partial charge on any atom is 0.171 e. The highest BCUT2D eigenvalue weighted by molar-refractivity contribution is 7.13. The molecule has 0 atom stereocenters. The molecule has 0 fully saturated rings. The molecule has 2 aromatic rings. The third-order valence-electron chi connectivity index (χ3n) is 2.56. The van der Waals surface area contributed by atoms with Crippen LogP contribution in [0, 0.1) is 0 Å². The van der Waals surface area contributed by atoms with E-state index < -0.39 is 0 Å². The van der Waals surface area contributed by atoms with Crippen molar-refractivity contribution in [3.05, 3.63) is 29.3 Å². The van der Waals surface area contributed by atoms with Crippen molar-refractivity contribution < 1.29 is 9.47 Å². The number of rotatable bonds is 2. The van der Waals surface area contributed by atoms with Crippen molar-refractivity contribution in [2.75, 3.05) is 13.2 Å². The van der Waals surface area contributed by atoms with Crippen molar-refractivity contribution >= 4 is 11.3 Å². The van der Waals surface area contributed by atoms with Crippen molar-refractivity contribution in [1.29, 1.82) is 0 Å². The Morgan fingerprint density at radius 1 is 1.29 bits per heavy atom. The molecule has 2 heterocycles. The predicted octanol–water partition coefficient (Wildman–Crippen LogP) is 2.04. The van der Waals surface area contributed by atoms with E-state index in [1.54, 1.807) is 11.3 Å². The average Bonchev–Trinajstić information content (AvgIpc) is 2.87. The molecule has 1 aromatic heterocycles. The summed E-state index contributed by atoms with van der Waals surface area (Å²) in [7, 11) is 0. The van der Waals surface area contributed by atoms with E-state index in [2.05, 4.69) is 4.98 Å². The Hall–Kier alpha value is -1.59. The fraction of sp³-hybridized carbons (Fsp3) is 0.250. The fourth-order valence-corrected chi connectivity index (χ4v) is 2.62. The zero-order valence-electron chi connectivity index (χ0n) is 9.18. The van der Waals surface area contributed by atoms with Crippen LogP contribution in [0.4, 0.5) is 0 Å². The van der Waals surface area contributed by atoms with Gasteiger partial charge in [-0.2, -0.15) is 0 Å². The number of hydrogen-bond donors (Lipinski definition) is 1. The van der Waals surface area contributed by atoms with E-state index in [1.807, 2.05) is 23.6 Å². The zero-order valence-corrected chi connectivity index (χ0v) is 10.00. The lowest BCUT2D eigenvalue weighted by Crippen LogP contribution is -2.15. The van der Waals surface area contributed by atoms with Crippen LogP contribution < -0.4 is 15.2 Å². The summed E-state index contributed by atoms with van der Waals surface area (Å²) in [6, 6.07) is 5.86. The van der Waals surface area contributed by atoms with Crippen LogP contribution in [-0.2, 0) is 6.54 Å². The minimum Gasteiger partial charge on any atom is -0.486 e. The Bertz CT molecular complexity index is 539. The number of para-hydroxylation sites is 1. The summed E-state index contributed by atoms with van der Waals surface area (Å²) < 4.78 is 11.2. The molecule has 88 valence electrons. The Labute approximate surface area is 103 Å². The average molecular weight is 248 g/mol. The first-order chi connectivity index (χ1) is 8.38. The third-order valence-corrected chi connectivity index (χ3v) is 3.48. The summed E-state index contributed by atoms with van der Waals surface area (Å²) in [6.07, 6.45) is 0. The lowest BCUT2D eigenvalue weighted by molar-refractivity contribution is 0.172. The second-order valence-electron chi connectivity index (χ2n) is 3.68. The normalized spacial score (nSPS) is 13.7. The molecule has 5 heteroatoms. The molecule has 0 unspecified atom stereocenters. The van der Waals surface area contributed by atoms with Gasteiger partial charge < -0.3 is 15.2 Å². The molecule has 0 saturated heterocycles. The van der Waals surface area contributed by atoms with E-state index in [4.69, 9.17) is 15.2 Å². The summed E-state index contributed by atoms with van der Waals surface area (Å²) in [5.41, 5.74) is 7.45. The van der Waals surface area contributed by atoms with Gasteiger partial charge in [-0.1, -0.05) is 6.07 Å². The molecule has 1 aromatic carbocycles. The highest BCUT2D eigenvalue weighted by atomic mass is 32.1. The van der Waals surface area contributed by atoms with Crippen LogP contribution in [0.2, 0.25) is 0 Å². The minimum atomic E-state index is 0.461.